The van der Waals surface area contributed by atoms with Gasteiger partial charge in [0.05, 0.1) is 12.2 Å². The van der Waals surface area contributed by atoms with E-state index in [1.54, 1.807) is 0 Å². The summed E-state index contributed by atoms with van der Waals surface area (Å²) in [6.45, 7) is 8.32. The van der Waals surface area contributed by atoms with Crippen LogP contribution >= 0.6 is 0 Å². The predicted octanol–water partition coefficient (Wildman–Crippen LogP) is 2.95. The van der Waals surface area contributed by atoms with Crippen molar-refractivity contribution in [2.75, 3.05) is 6.54 Å². The summed E-state index contributed by atoms with van der Waals surface area (Å²) in [5.41, 5.74) is 1.02. The largest absolute Gasteiger partial charge is 0.444 e. The lowest BCUT2D eigenvalue weighted by molar-refractivity contribution is 0.379. The molecule has 2 heterocycles. The molecule has 1 aliphatic heterocycles. The molecule has 1 aromatic heterocycles. The Morgan fingerprint density at radius 2 is 2.25 bits per heavy atom. The van der Waals surface area contributed by atoms with E-state index in [1.807, 2.05) is 6.92 Å². The van der Waals surface area contributed by atoms with Gasteiger partial charge in [-0.25, -0.2) is 4.98 Å². The zero-order valence-corrected chi connectivity index (χ0v) is 13.2. The predicted molar refractivity (Wildman–Crippen MR) is 81.8 cm³/mol. The molecule has 4 heteroatoms. The van der Waals surface area contributed by atoms with Crippen molar-refractivity contribution in [3.8, 4) is 0 Å². The second-order valence-electron chi connectivity index (χ2n) is 5.99. The van der Waals surface area contributed by atoms with E-state index >= 15 is 0 Å². The maximum atomic E-state index is 5.73. The minimum atomic E-state index is 0.500. The van der Waals surface area contributed by atoms with Crippen molar-refractivity contribution >= 4 is 0 Å². The number of aryl methyl sites for hydroxylation is 2. The summed E-state index contributed by atoms with van der Waals surface area (Å²) in [5, 5.41) is 7.23. The number of nitrogens with one attached hydrogen (secondary N) is 2. The number of rotatable bonds is 6. The lowest BCUT2D eigenvalue weighted by Gasteiger charge is -2.21. The van der Waals surface area contributed by atoms with Crippen LogP contribution in [0.25, 0.3) is 0 Å². The van der Waals surface area contributed by atoms with Crippen LogP contribution in [0.4, 0.5) is 0 Å². The monoisotopic (exact) mass is 279 g/mol. The summed E-state index contributed by atoms with van der Waals surface area (Å²) in [4.78, 5) is 4.42. The number of aromatic nitrogens is 1. The number of hydrogen-bond acceptors (Lipinski definition) is 4. The molecule has 0 aliphatic carbocycles. The molecule has 2 rings (SSSR count). The lowest BCUT2D eigenvalue weighted by Crippen LogP contribution is -2.36. The quantitative estimate of drug-likeness (QED) is 0.840. The number of oxazole rings is 1. The molecule has 0 aromatic carbocycles. The fraction of sp³-hybridized carbons (Fsp3) is 0.812. The number of nitrogens with zero attached hydrogens (tertiary/aromatic N) is 1. The zero-order chi connectivity index (χ0) is 14.4. The second kappa shape index (κ2) is 7.79. The van der Waals surface area contributed by atoms with Gasteiger partial charge in [-0.3, -0.25) is 0 Å². The van der Waals surface area contributed by atoms with Gasteiger partial charge in [0.25, 0.3) is 0 Å². The van der Waals surface area contributed by atoms with Crippen LogP contribution < -0.4 is 10.6 Å². The van der Waals surface area contributed by atoms with E-state index in [0.29, 0.717) is 12.1 Å². The third kappa shape index (κ3) is 4.60. The van der Waals surface area contributed by atoms with E-state index in [9.17, 15) is 0 Å². The summed E-state index contributed by atoms with van der Waals surface area (Å²) in [6.07, 6.45) is 7.44. The number of hydrogen-bond donors (Lipinski definition) is 2. The molecular weight excluding hydrogens is 250 g/mol. The molecule has 0 radical (unpaired) electrons. The Morgan fingerprint density at radius 3 is 3.00 bits per heavy atom. The molecule has 1 aromatic rings. The van der Waals surface area contributed by atoms with Gasteiger partial charge in [-0.1, -0.05) is 19.8 Å². The maximum Gasteiger partial charge on any atom is 0.194 e. The highest BCUT2D eigenvalue weighted by molar-refractivity contribution is 5.07. The van der Waals surface area contributed by atoms with E-state index in [-0.39, 0.29) is 0 Å². The Hall–Kier alpha value is -0.870. The molecule has 114 valence electrons. The van der Waals surface area contributed by atoms with Crippen molar-refractivity contribution in [1.29, 1.82) is 0 Å². The van der Waals surface area contributed by atoms with Gasteiger partial charge in [-0.15, -0.1) is 0 Å². The lowest BCUT2D eigenvalue weighted by atomic mass is 10.0. The van der Waals surface area contributed by atoms with Gasteiger partial charge < -0.3 is 15.1 Å². The van der Waals surface area contributed by atoms with Crippen LogP contribution in [-0.2, 0) is 13.0 Å². The maximum absolute atomic E-state index is 5.73. The van der Waals surface area contributed by atoms with Crippen LogP contribution in [0, 0.1) is 6.92 Å². The molecule has 1 aliphatic rings. The third-order valence-electron chi connectivity index (χ3n) is 4.15. The Labute approximate surface area is 122 Å². The van der Waals surface area contributed by atoms with E-state index in [0.717, 1.165) is 30.3 Å². The van der Waals surface area contributed by atoms with Crippen molar-refractivity contribution in [3.63, 3.8) is 0 Å². The average Bonchev–Trinajstić information content (AvgIpc) is 2.63. The second-order valence-corrected chi connectivity index (χ2v) is 5.99. The van der Waals surface area contributed by atoms with Crippen molar-refractivity contribution in [3.05, 3.63) is 17.3 Å². The van der Waals surface area contributed by atoms with Crippen molar-refractivity contribution < 1.29 is 4.42 Å². The van der Waals surface area contributed by atoms with Crippen LogP contribution in [0.3, 0.4) is 0 Å². The fourth-order valence-corrected chi connectivity index (χ4v) is 2.88. The Bertz CT molecular complexity index is 394. The first-order valence-electron chi connectivity index (χ1n) is 8.11. The molecule has 1 fully saturated rings. The van der Waals surface area contributed by atoms with E-state index in [1.165, 1.54) is 38.6 Å². The molecular formula is C16H29N3O. The van der Waals surface area contributed by atoms with Gasteiger partial charge in [-0.2, -0.15) is 0 Å². The van der Waals surface area contributed by atoms with Crippen molar-refractivity contribution in [2.24, 2.45) is 0 Å². The van der Waals surface area contributed by atoms with Crippen LogP contribution in [0.2, 0.25) is 0 Å². The van der Waals surface area contributed by atoms with Crippen molar-refractivity contribution in [1.82, 2.24) is 15.6 Å². The molecule has 2 N–H and O–H groups in total. The molecule has 2 atom stereocenters. The highest BCUT2D eigenvalue weighted by atomic mass is 16.4. The Kier molecular flexibility index (Phi) is 6.05. The summed E-state index contributed by atoms with van der Waals surface area (Å²) in [6, 6.07) is 1.17. The Morgan fingerprint density at radius 1 is 1.40 bits per heavy atom. The average molecular weight is 279 g/mol. The highest BCUT2D eigenvalue weighted by Crippen LogP contribution is 2.14. The van der Waals surface area contributed by atoms with Crippen LogP contribution in [-0.4, -0.2) is 23.6 Å². The van der Waals surface area contributed by atoms with E-state index in [2.05, 4.69) is 29.5 Å². The van der Waals surface area contributed by atoms with Gasteiger partial charge in [0.2, 0.25) is 0 Å². The first-order valence-corrected chi connectivity index (χ1v) is 8.11. The molecule has 0 saturated carbocycles. The highest BCUT2D eigenvalue weighted by Gasteiger charge is 2.15. The molecule has 20 heavy (non-hydrogen) atoms. The summed E-state index contributed by atoms with van der Waals surface area (Å²) in [7, 11) is 0. The molecule has 0 bridgehead atoms. The topological polar surface area (TPSA) is 50.1 Å². The fourth-order valence-electron chi connectivity index (χ4n) is 2.88. The van der Waals surface area contributed by atoms with Crippen molar-refractivity contribution in [2.45, 2.75) is 77.9 Å². The molecule has 0 spiro atoms. The third-order valence-corrected chi connectivity index (χ3v) is 4.15. The molecule has 2 unspecified atom stereocenters. The smallest absolute Gasteiger partial charge is 0.194 e. The van der Waals surface area contributed by atoms with Crippen LogP contribution in [0.5, 0.6) is 0 Å². The first kappa shape index (κ1) is 15.5. The SMILES string of the molecule is CCc1nc(C)c(CNC(C)CC2CCCCCN2)o1. The first-order chi connectivity index (χ1) is 9.69. The zero-order valence-electron chi connectivity index (χ0n) is 13.2. The van der Waals surface area contributed by atoms with Gasteiger partial charge in [-0.05, 0) is 39.7 Å². The Balaban J connectivity index is 1.76. The molecule has 0 amide bonds. The van der Waals surface area contributed by atoms with Gasteiger partial charge >= 0.3 is 0 Å². The van der Waals surface area contributed by atoms with Crippen LogP contribution in [0.1, 0.15) is 63.3 Å². The van der Waals surface area contributed by atoms with E-state index < -0.39 is 0 Å². The summed E-state index contributed by atoms with van der Waals surface area (Å²) < 4.78 is 5.73. The molecule has 4 nitrogen and oxygen atoms in total. The van der Waals surface area contributed by atoms with E-state index in [4.69, 9.17) is 4.42 Å². The minimum Gasteiger partial charge on any atom is -0.444 e. The summed E-state index contributed by atoms with van der Waals surface area (Å²) in [5.74, 6) is 1.83. The normalized spacial score (nSPS) is 21.6. The van der Waals surface area contributed by atoms with Crippen LogP contribution in [0.15, 0.2) is 4.42 Å². The van der Waals surface area contributed by atoms with Gasteiger partial charge in [0, 0.05) is 18.5 Å². The van der Waals surface area contributed by atoms with Gasteiger partial charge in [0.1, 0.15) is 5.76 Å². The minimum absolute atomic E-state index is 0.500. The summed E-state index contributed by atoms with van der Waals surface area (Å²) >= 11 is 0. The molecule has 1 saturated heterocycles. The standard InChI is InChI=1S/C16H29N3O/c1-4-16-19-13(3)15(20-16)11-18-12(2)10-14-8-6-5-7-9-17-14/h12,14,17-18H,4-11H2,1-3H3. The van der Waals surface area contributed by atoms with Gasteiger partial charge in [0.15, 0.2) is 5.89 Å².